The van der Waals surface area contributed by atoms with Crippen molar-refractivity contribution in [2.75, 3.05) is 10.6 Å². The van der Waals surface area contributed by atoms with Crippen LogP contribution in [0, 0.1) is 23.7 Å². The highest BCUT2D eigenvalue weighted by Gasteiger charge is 2.20. The van der Waals surface area contributed by atoms with Gasteiger partial charge in [-0.25, -0.2) is 4.98 Å². The second-order valence-electron chi connectivity index (χ2n) is 6.77. The monoisotopic (exact) mass is 502 g/mol. The Morgan fingerprint density at radius 1 is 1.32 bits per heavy atom. The molecule has 0 spiro atoms. The number of rotatable bonds is 7. The molecule has 10 heteroatoms. The number of hydrogen-bond acceptors (Lipinski definition) is 6. The minimum absolute atomic E-state index is 0.0264. The highest BCUT2D eigenvalue weighted by Crippen LogP contribution is 2.25. The minimum atomic E-state index is -0.627. The summed E-state index contributed by atoms with van der Waals surface area (Å²) in [6.45, 7) is 5.29. The standard InChI is InChI=1S/C21H20BrClN6O2/c1-11(2)27-20(30)14-8-13(10-24)7-12(3)18(14)29-21(31)16(9-17(22)25)28-19-15(23)5-4-6-26-19/h4-9,11,25H,1-3H3,(H,26,28)(H,27,30)(H,29,31)/b16-9-,25-17?. The summed E-state index contributed by atoms with van der Waals surface area (Å²) in [6, 6.07) is 8.10. The van der Waals surface area contributed by atoms with Crippen LogP contribution in [0.5, 0.6) is 0 Å². The highest BCUT2D eigenvalue weighted by atomic mass is 79.9. The van der Waals surface area contributed by atoms with E-state index >= 15 is 0 Å². The number of nitrogens with one attached hydrogen (secondary N) is 4. The van der Waals surface area contributed by atoms with Gasteiger partial charge in [0.25, 0.3) is 11.8 Å². The highest BCUT2D eigenvalue weighted by molar-refractivity contribution is 9.18. The average Bonchev–Trinajstić information content (AvgIpc) is 2.69. The van der Waals surface area contributed by atoms with Crippen molar-refractivity contribution in [2.45, 2.75) is 26.8 Å². The molecule has 0 aliphatic heterocycles. The molecule has 0 aliphatic carbocycles. The van der Waals surface area contributed by atoms with Crippen LogP contribution in [0.2, 0.25) is 5.02 Å². The Morgan fingerprint density at radius 2 is 2.03 bits per heavy atom. The van der Waals surface area contributed by atoms with Crippen LogP contribution < -0.4 is 16.0 Å². The number of aromatic nitrogens is 1. The molecule has 0 radical (unpaired) electrons. The predicted octanol–water partition coefficient (Wildman–Crippen LogP) is 4.36. The lowest BCUT2D eigenvalue weighted by atomic mass is 10.0. The van der Waals surface area contributed by atoms with Crippen LogP contribution in [0.1, 0.15) is 35.3 Å². The summed E-state index contributed by atoms with van der Waals surface area (Å²) in [6.07, 6.45) is 2.75. The molecule has 2 amide bonds. The SMILES string of the molecule is Cc1cc(C#N)cc(C(=O)NC(C)C)c1NC(=O)/C(=C/C(=N)Br)Nc1ncccc1Cl. The molecule has 0 saturated heterocycles. The van der Waals surface area contributed by atoms with Crippen LogP contribution in [-0.4, -0.2) is 27.5 Å². The fourth-order valence-corrected chi connectivity index (χ4v) is 3.01. The van der Waals surface area contributed by atoms with Gasteiger partial charge in [-0.05, 0) is 72.6 Å². The molecule has 0 bridgehead atoms. The van der Waals surface area contributed by atoms with Gasteiger partial charge in [-0.3, -0.25) is 15.0 Å². The molecule has 2 rings (SSSR count). The molecule has 160 valence electrons. The zero-order chi connectivity index (χ0) is 23.1. The first-order chi connectivity index (χ1) is 14.6. The number of pyridine rings is 1. The third-order valence-corrected chi connectivity index (χ3v) is 4.43. The fraction of sp³-hybridized carbons (Fsp3) is 0.190. The summed E-state index contributed by atoms with van der Waals surface area (Å²) >= 11 is 9.10. The van der Waals surface area contributed by atoms with Crippen molar-refractivity contribution in [1.82, 2.24) is 10.3 Å². The van der Waals surface area contributed by atoms with Crippen LogP contribution in [0.25, 0.3) is 0 Å². The second kappa shape index (κ2) is 10.7. The molecule has 1 heterocycles. The molecule has 0 fully saturated rings. The molecule has 0 atom stereocenters. The van der Waals surface area contributed by atoms with E-state index in [0.717, 1.165) is 0 Å². The van der Waals surface area contributed by atoms with E-state index in [9.17, 15) is 14.9 Å². The van der Waals surface area contributed by atoms with Gasteiger partial charge in [0, 0.05) is 12.2 Å². The van der Waals surface area contributed by atoms with Gasteiger partial charge in [0.2, 0.25) is 0 Å². The summed E-state index contributed by atoms with van der Waals surface area (Å²) in [5.74, 6) is -0.823. The molecule has 0 saturated carbocycles. The van der Waals surface area contributed by atoms with E-state index in [4.69, 9.17) is 17.0 Å². The molecule has 31 heavy (non-hydrogen) atoms. The van der Waals surface area contributed by atoms with Crippen molar-refractivity contribution in [3.05, 3.63) is 63.9 Å². The average molecular weight is 504 g/mol. The molecular weight excluding hydrogens is 484 g/mol. The van der Waals surface area contributed by atoms with Gasteiger partial charge >= 0.3 is 0 Å². The first kappa shape index (κ1) is 24.1. The van der Waals surface area contributed by atoms with E-state index in [1.165, 1.54) is 18.3 Å². The number of carbonyl (C=O) groups excluding carboxylic acids is 2. The number of allylic oxidation sites excluding steroid dienone is 1. The summed E-state index contributed by atoms with van der Waals surface area (Å²) in [5, 5.41) is 25.5. The maximum atomic E-state index is 13.0. The zero-order valence-corrected chi connectivity index (χ0v) is 19.4. The Bertz CT molecular complexity index is 1110. The number of hydrogen-bond donors (Lipinski definition) is 4. The Morgan fingerprint density at radius 3 is 2.61 bits per heavy atom. The number of benzene rings is 1. The Kier molecular flexibility index (Phi) is 8.30. The number of anilines is 2. The maximum absolute atomic E-state index is 13.0. The van der Waals surface area contributed by atoms with Crippen molar-refractivity contribution in [3.8, 4) is 6.07 Å². The van der Waals surface area contributed by atoms with Gasteiger partial charge < -0.3 is 16.0 Å². The van der Waals surface area contributed by atoms with Crippen molar-refractivity contribution in [3.63, 3.8) is 0 Å². The van der Waals surface area contributed by atoms with Crippen molar-refractivity contribution in [1.29, 1.82) is 10.7 Å². The quantitative estimate of drug-likeness (QED) is 0.329. The molecule has 2 aromatic rings. The Hall–Kier alpha value is -3.22. The number of amides is 2. The lowest BCUT2D eigenvalue weighted by Crippen LogP contribution is -2.31. The van der Waals surface area contributed by atoms with Crippen LogP contribution >= 0.6 is 27.5 Å². The predicted molar refractivity (Wildman–Crippen MR) is 125 cm³/mol. The number of nitriles is 1. The Balaban J connectivity index is 2.45. The summed E-state index contributed by atoms with van der Waals surface area (Å²) in [5.41, 5.74) is 1.21. The third-order valence-electron chi connectivity index (χ3n) is 3.89. The largest absolute Gasteiger partial charge is 0.350 e. The third kappa shape index (κ3) is 6.64. The number of aryl methyl sites for hydroxylation is 1. The molecule has 1 aromatic carbocycles. The van der Waals surface area contributed by atoms with Gasteiger partial charge in [-0.1, -0.05) is 11.6 Å². The second-order valence-corrected chi connectivity index (χ2v) is 8.04. The molecule has 8 nitrogen and oxygen atoms in total. The maximum Gasteiger partial charge on any atom is 0.272 e. The van der Waals surface area contributed by atoms with Gasteiger partial charge in [-0.15, -0.1) is 0 Å². The summed E-state index contributed by atoms with van der Waals surface area (Å²) < 4.78 is -0.0634. The lowest BCUT2D eigenvalue weighted by molar-refractivity contribution is -0.112. The van der Waals surface area contributed by atoms with Gasteiger partial charge in [0.1, 0.15) is 11.5 Å². The summed E-state index contributed by atoms with van der Waals surface area (Å²) in [4.78, 5) is 29.8. The van der Waals surface area contributed by atoms with Crippen LogP contribution in [0.4, 0.5) is 11.5 Å². The van der Waals surface area contributed by atoms with Gasteiger partial charge in [0.15, 0.2) is 0 Å². The minimum Gasteiger partial charge on any atom is -0.350 e. The smallest absolute Gasteiger partial charge is 0.272 e. The van der Waals surface area contributed by atoms with Crippen LogP contribution in [0.3, 0.4) is 0 Å². The van der Waals surface area contributed by atoms with E-state index in [-0.39, 0.29) is 38.5 Å². The topological polar surface area (TPSA) is 131 Å². The van der Waals surface area contributed by atoms with Crippen LogP contribution in [0.15, 0.2) is 42.2 Å². The normalized spacial score (nSPS) is 10.9. The number of carbonyl (C=O) groups is 2. The lowest BCUT2D eigenvalue weighted by Gasteiger charge is -2.17. The zero-order valence-electron chi connectivity index (χ0n) is 17.0. The van der Waals surface area contributed by atoms with Crippen molar-refractivity contribution >= 4 is 55.5 Å². The fourth-order valence-electron chi connectivity index (χ4n) is 2.61. The van der Waals surface area contributed by atoms with Gasteiger partial charge in [0.05, 0.1) is 32.5 Å². The van der Waals surface area contributed by atoms with E-state index in [1.807, 2.05) is 6.07 Å². The molecule has 0 unspecified atom stereocenters. The van der Waals surface area contributed by atoms with E-state index in [0.29, 0.717) is 11.1 Å². The first-order valence-electron chi connectivity index (χ1n) is 9.12. The molecule has 0 aliphatic rings. The molecule has 4 N–H and O–H groups in total. The number of halogens is 2. The Labute approximate surface area is 193 Å². The molecule has 1 aromatic heterocycles. The van der Waals surface area contributed by atoms with Crippen LogP contribution in [-0.2, 0) is 4.79 Å². The van der Waals surface area contributed by atoms with E-state index in [2.05, 4.69) is 36.9 Å². The number of nitrogens with zero attached hydrogens (tertiary/aromatic N) is 2. The van der Waals surface area contributed by atoms with Crippen molar-refractivity contribution in [2.24, 2.45) is 0 Å². The first-order valence-corrected chi connectivity index (χ1v) is 10.3. The van der Waals surface area contributed by atoms with E-state index in [1.54, 1.807) is 39.0 Å². The molecular formula is C21H20BrClN6O2. The van der Waals surface area contributed by atoms with Crippen molar-refractivity contribution < 1.29 is 9.59 Å². The van der Waals surface area contributed by atoms with E-state index < -0.39 is 11.8 Å². The summed E-state index contributed by atoms with van der Waals surface area (Å²) in [7, 11) is 0. The van der Waals surface area contributed by atoms with Gasteiger partial charge in [-0.2, -0.15) is 5.26 Å².